The summed E-state index contributed by atoms with van der Waals surface area (Å²) in [5, 5.41) is 9.18. The third-order valence-corrected chi connectivity index (χ3v) is 8.27. The van der Waals surface area contributed by atoms with Gasteiger partial charge in [-0.15, -0.1) is 0 Å². The van der Waals surface area contributed by atoms with Crippen LogP contribution in [0.25, 0.3) is 0 Å². The standard InChI is InChI=1S/C15H25FO3Si/c1-15(2,3)20(4,5)19-7-6-18-14-9-12(11-17)8-13(16)10-14/h8-10,17H,6-7,11H2,1-5H3. The van der Waals surface area contributed by atoms with E-state index in [9.17, 15) is 4.39 Å². The van der Waals surface area contributed by atoms with Gasteiger partial charge in [0.05, 0.1) is 13.2 Å². The molecule has 1 aromatic rings. The maximum atomic E-state index is 13.3. The van der Waals surface area contributed by atoms with E-state index in [4.69, 9.17) is 14.3 Å². The molecule has 0 aromatic heterocycles. The van der Waals surface area contributed by atoms with Crippen LogP contribution in [-0.2, 0) is 11.0 Å². The number of halogens is 1. The average molecular weight is 300 g/mol. The summed E-state index contributed by atoms with van der Waals surface area (Å²) in [6.07, 6.45) is 0. The Morgan fingerprint density at radius 3 is 2.35 bits per heavy atom. The Kier molecular flexibility index (Phi) is 5.74. The van der Waals surface area contributed by atoms with Crippen LogP contribution in [0.2, 0.25) is 18.1 Å². The lowest BCUT2D eigenvalue weighted by atomic mass is 10.2. The zero-order valence-corrected chi connectivity index (χ0v) is 14.0. The van der Waals surface area contributed by atoms with E-state index in [0.29, 0.717) is 24.5 Å². The summed E-state index contributed by atoms with van der Waals surface area (Å²) < 4.78 is 24.7. The molecule has 0 fully saturated rings. The van der Waals surface area contributed by atoms with E-state index in [-0.39, 0.29) is 11.6 Å². The maximum absolute atomic E-state index is 13.3. The van der Waals surface area contributed by atoms with Crippen LogP contribution >= 0.6 is 0 Å². The third kappa shape index (κ3) is 4.88. The SMILES string of the molecule is CC(C)(C)[Si](C)(C)OCCOc1cc(F)cc(CO)c1. The first kappa shape index (κ1) is 17.1. The largest absolute Gasteiger partial charge is 0.491 e. The van der Waals surface area contributed by atoms with Gasteiger partial charge in [0.1, 0.15) is 18.2 Å². The van der Waals surface area contributed by atoms with Gasteiger partial charge in [-0.1, -0.05) is 20.8 Å². The van der Waals surface area contributed by atoms with Gasteiger partial charge in [0.25, 0.3) is 0 Å². The number of hydrogen-bond donors (Lipinski definition) is 1. The molecule has 3 nitrogen and oxygen atoms in total. The second kappa shape index (κ2) is 6.69. The quantitative estimate of drug-likeness (QED) is 0.643. The van der Waals surface area contributed by atoms with Gasteiger partial charge >= 0.3 is 0 Å². The van der Waals surface area contributed by atoms with Gasteiger partial charge in [-0.05, 0) is 35.8 Å². The first-order valence-corrected chi connectivity index (χ1v) is 9.73. The summed E-state index contributed by atoms with van der Waals surface area (Å²) in [4.78, 5) is 0. The fourth-order valence-electron chi connectivity index (χ4n) is 1.47. The van der Waals surface area contributed by atoms with E-state index in [1.165, 1.54) is 12.1 Å². The van der Waals surface area contributed by atoms with Crippen LogP contribution in [0.5, 0.6) is 5.75 Å². The van der Waals surface area contributed by atoms with Crippen molar-refractivity contribution in [3.63, 3.8) is 0 Å². The van der Waals surface area contributed by atoms with Gasteiger partial charge in [0.2, 0.25) is 0 Å². The Bertz CT molecular complexity index is 441. The Morgan fingerprint density at radius 2 is 1.80 bits per heavy atom. The summed E-state index contributed by atoms with van der Waals surface area (Å²) in [6.45, 7) is 11.6. The summed E-state index contributed by atoms with van der Waals surface area (Å²) in [5.41, 5.74) is 0.505. The molecule has 114 valence electrons. The molecule has 0 saturated heterocycles. The fraction of sp³-hybridized carbons (Fsp3) is 0.600. The van der Waals surface area contributed by atoms with Crippen LogP contribution in [0, 0.1) is 5.82 Å². The zero-order chi connectivity index (χ0) is 15.4. The highest BCUT2D eigenvalue weighted by Crippen LogP contribution is 2.36. The van der Waals surface area contributed by atoms with Crippen LogP contribution in [0.4, 0.5) is 4.39 Å². The van der Waals surface area contributed by atoms with Gasteiger partial charge in [-0.3, -0.25) is 0 Å². The van der Waals surface area contributed by atoms with Gasteiger partial charge < -0.3 is 14.3 Å². The summed E-state index contributed by atoms with van der Waals surface area (Å²) in [5.74, 6) is 0.0183. The van der Waals surface area contributed by atoms with Crippen LogP contribution in [0.3, 0.4) is 0 Å². The lowest BCUT2D eigenvalue weighted by Gasteiger charge is -2.36. The number of ether oxygens (including phenoxy) is 1. The first-order chi connectivity index (χ1) is 9.15. The maximum Gasteiger partial charge on any atom is 0.192 e. The molecule has 20 heavy (non-hydrogen) atoms. The van der Waals surface area contributed by atoms with Crippen LogP contribution < -0.4 is 4.74 Å². The molecule has 0 heterocycles. The molecule has 0 atom stereocenters. The second-order valence-corrected chi connectivity index (χ2v) is 11.2. The first-order valence-electron chi connectivity index (χ1n) is 6.83. The molecule has 1 rings (SSSR count). The second-order valence-electron chi connectivity index (χ2n) is 6.41. The summed E-state index contributed by atoms with van der Waals surface area (Å²) in [7, 11) is -1.77. The smallest absolute Gasteiger partial charge is 0.192 e. The Morgan fingerprint density at radius 1 is 1.15 bits per heavy atom. The average Bonchev–Trinajstić information content (AvgIpc) is 2.32. The molecule has 1 aromatic carbocycles. The normalized spacial score (nSPS) is 12.6. The number of aliphatic hydroxyl groups is 1. The number of benzene rings is 1. The molecule has 5 heteroatoms. The van der Waals surface area contributed by atoms with Crippen molar-refractivity contribution in [2.24, 2.45) is 0 Å². The molecule has 0 aliphatic carbocycles. The fourth-order valence-corrected chi connectivity index (χ4v) is 2.49. The molecular formula is C15H25FO3Si. The molecule has 0 bridgehead atoms. The van der Waals surface area contributed by atoms with Crippen molar-refractivity contribution < 1.29 is 18.7 Å². The number of hydrogen-bond acceptors (Lipinski definition) is 3. The molecule has 1 N–H and O–H groups in total. The molecule has 0 spiro atoms. The Balaban J connectivity index is 2.48. The van der Waals surface area contributed by atoms with Crippen molar-refractivity contribution in [1.29, 1.82) is 0 Å². The van der Waals surface area contributed by atoms with E-state index >= 15 is 0 Å². The van der Waals surface area contributed by atoms with E-state index < -0.39 is 14.1 Å². The van der Waals surface area contributed by atoms with Crippen LogP contribution in [-0.4, -0.2) is 26.6 Å². The van der Waals surface area contributed by atoms with Crippen molar-refractivity contribution in [2.45, 2.75) is 45.5 Å². The van der Waals surface area contributed by atoms with E-state index in [1.807, 2.05) is 0 Å². The van der Waals surface area contributed by atoms with Gasteiger partial charge in [-0.25, -0.2) is 4.39 Å². The highest BCUT2D eigenvalue weighted by atomic mass is 28.4. The predicted molar refractivity (Wildman–Crippen MR) is 81.0 cm³/mol. The van der Waals surface area contributed by atoms with Crippen molar-refractivity contribution in [1.82, 2.24) is 0 Å². The lowest BCUT2D eigenvalue weighted by Crippen LogP contribution is -2.41. The molecule has 0 unspecified atom stereocenters. The Labute approximate surface area is 121 Å². The Hall–Kier alpha value is -0.913. The zero-order valence-electron chi connectivity index (χ0n) is 13.0. The topological polar surface area (TPSA) is 38.7 Å². The molecule has 0 saturated carbocycles. The van der Waals surface area contributed by atoms with E-state index in [0.717, 1.165) is 0 Å². The number of aliphatic hydroxyl groups excluding tert-OH is 1. The predicted octanol–water partition coefficient (Wildman–Crippen LogP) is 3.72. The highest BCUT2D eigenvalue weighted by molar-refractivity contribution is 6.74. The van der Waals surface area contributed by atoms with Crippen molar-refractivity contribution in [2.75, 3.05) is 13.2 Å². The minimum absolute atomic E-state index is 0.163. The minimum atomic E-state index is -1.77. The highest BCUT2D eigenvalue weighted by Gasteiger charge is 2.36. The van der Waals surface area contributed by atoms with Crippen molar-refractivity contribution >= 4 is 8.32 Å². The van der Waals surface area contributed by atoms with Crippen molar-refractivity contribution in [3.05, 3.63) is 29.6 Å². The molecule has 0 aliphatic rings. The van der Waals surface area contributed by atoms with Crippen molar-refractivity contribution in [3.8, 4) is 5.75 Å². The third-order valence-electron chi connectivity index (χ3n) is 3.73. The lowest BCUT2D eigenvalue weighted by molar-refractivity contribution is 0.202. The minimum Gasteiger partial charge on any atom is -0.491 e. The summed E-state index contributed by atoms with van der Waals surface area (Å²) in [6, 6.07) is 4.24. The number of rotatable bonds is 6. The van der Waals surface area contributed by atoms with Gasteiger partial charge in [0, 0.05) is 6.07 Å². The van der Waals surface area contributed by atoms with E-state index in [2.05, 4.69) is 33.9 Å². The van der Waals surface area contributed by atoms with Gasteiger partial charge in [-0.2, -0.15) is 0 Å². The van der Waals surface area contributed by atoms with Crippen LogP contribution in [0.1, 0.15) is 26.3 Å². The van der Waals surface area contributed by atoms with E-state index in [1.54, 1.807) is 6.07 Å². The monoisotopic (exact) mass is 300 g/mol. The molecule has 0 radical (unpaired) electrons. The summed E-state index contributed by atoms with van der Waals surface area (Å²) >= 11 is 0. The van der Waals surface area contributed by atoms with Gasteiger partial charge in [0.15, 0.2) is 8.32 Å². The molecule has 0 amide bonds. The molecular weight excluding hydrogens is 275 g/mol. The molecule has 0 aliphatic heterocycles. The van der Waals surface area contributed by atoms with Crippen LogP contribution in [0.15, 0.2) is 18.2 Å².